The standard InChI is InChI=1S/C21H35N5O2.HI/c1-2-26-9-5-7-19(26)17-24-21(22)23-16-18-6-3-4-8-20(18)28-15-12-25-10-13-27-14-11-25;/h3-4,6,8,19H,2,5,7,9-17H2,1H3,(H3,22,23,24);1H. The Bertz CT molecular complexity index is 625. The molecule has 0 bridgehead atoms. The van der Waals surface area contributed by atoms with Crippen molar-refractivity contribution in [3.63, 3.8) is 0 Å². The van der Waals surface area contributed by atoms with E-state index in [0.29, 0.717) is 25.2 Å². The van der Waals surface area contributed by atoms with Crippen molar-refractivity contribution >= 4 is 29.9 Å². The monoisotopic (exact) mass is 517 g/mol. The molecule has 1 atom stereocenters. The maximum atomic E-state index is 6.10. The Morgan fingerprint density at radius 1 is 1.28 bits per heavy atom. The lowest BCUT2D eigenvalue weighted by atomic mass is 10.2. The molecule has 29 heavy (non-hydrogen) atoms. The van der Waals surface area contributed by atoms with Crippen LogP contribution >= 0.6 is 24.0 Å². The van der Waals surface area contributed by atoms with Gasteiger partial charge in [-0.2, -0.15) is 0 Å². The van der Waals surface area contributed by atoms with Gasteiger partial charge < -0.3 is 20.5 Å². The predicted molar refractivity (Wildman–Crippen MR) is 128 cm³/mol. The van der Waals surface area contributed by atoms with Crippen molar-refractivity contribution < 1.29 is 9.47 Å². The predicted octanol–water partition coefficient (Wildman–Crippen LogP) is 1.90. The number of para-hydroxylation sites is 1. The number of benzene rings is 1. The van der Waals surface area contributed by atoms with Crippen LogP contribution in [0.25, 0.3) is 0 Å². The molecular formula is C21H36IN5O2. The molecule has 7 nitrogen and oxygen atoms in total. The third kappa shape index (κ3) is 7.92. The fraction of sp³-hybridized carbons (Fsp3) is 0.667. The van der Waals surface area contributed by atoms with Crippen molar-refractivity contribution in [1.29, 1.82) is 0 Å². The van der Waals surface area contributed by atoms with E-state index in [-0.39, 0.29) is 24.0 Å². The first kappa shape index (κ1) is 24.2. The lowest BCUT2D eigenvalue weighted by molar-refractivity contribution is 0.0322. The van der Waals surface area contributed by atoms with E-state index < -0.39 is 0 Å². The van der Waals surface area contributed by atoms with Gasteiger partial charge in [-0.1, -0.05) is 25.1 Å². The summed E-state index contributed by atoms with van der Waals surface area (Å²) >= 11 is 0. The summed E-state index contributed by atoms with van der Waals surface area (Å²) in [6.45, 7) is 11.1. The molecule has 1 aromatic carbocycles. The molecule has 164 valence electrons. The van der Waals surface area contributed by atoms with E-state index in [1.807, 2.05) is 18.2 Å². The second-order valence-electron chi connectivity index (χ2n) is 7.42. The number of likely N-dealkylation sites (N-methyl/N-ethyl adjacent to an activating group) is 1. The highest BCUT2D eigenvalue weighted by molar-refractivity contribution is 14.0. The molecule has 2 fully saturated rings. The Hall–Kier alpha value is -1.10. The summed E-state index contributed by atoms with van der Waals surface area (Å²) in [4.78, 5) is 9.39. The molecule has 0 aliphatic carbocycles. The summed E-state index contributed by atoms with van der Waals surface area (Å²) in [6.07, 6.45) is 2.50. The SMILES string of the molecule is CCN1CCCC1CNC(N)=NCc1ccccc1OCCN1CCOCC1.I. The zero-order valence-corrected chi connectivity index (χ0v) is 19.8. The number of halogens is 1. The first-order chi connectivity index (χ1) is 13.8. The molecule has 3 N–H and O–H groups in total. The first-order valence-corrected chi connectivity index (χ1v) is 10.5. The van der Waals surface area contributed by atoms with E-state index in [0.717, 1.165) is 57.3 Å². The molecule has 3 rings (SSSR count). The number of nitrogens with zero attached hydrogens (tertiary/aromatic N) is 3. The first-order valence-electron chi connectivity index (χ1n) is 10.5. The van der Waals surface area contributed by atoms with Gasteiger partial charge in [-0.3, -0.25) is 9.80 Å². The molecule has 1 aromatic rings. The van der Waals surface area contributed by atoms with Gasteiger partial charge in [0.25, 0.3) is 0 Å². The van der Waals surface area contributed by atoms with E-state index in [1.165, 1.54) is 19.4 Å². The number of guanidine groups is 1. The fourth-order valence-corrected chi connectivity index (χ4v) is 3.88. The van der Waals surface area contributed by atoms with Crippen LogP contribution in [0.15, 0.2) is 29.3 Å². The molecule has 2 saturated heterocycles. The van der Waals surface area contributed by atoms with Gasteiger partial charge in [-0.25, -0.2) is 4.99 Å². The number of nitrogens with one attached hydrogen (secondary N) is 1. The topological polar surface area (TPSA) is 75.3 Å². The number of likely N-dealkylation sites (tertiary alicyclic amines) is 1. The minimum atomic E-state index is 0. The number of morpholine rings is 1. The van der Waals surface area contributed by atoms with E-state index >= 15 is 0 Å². The minimum absolute atomic E-state index is 0. The van der Waals surface area contributed by atoms with Gasteiger partial charge in [0.05, 0.1) is 19.8 Å². The molecule has 0 radical (unpaired) electrons. The van der Waals surface area contributed by atoms with Crippen LogP contribution in [0.4, 0.5) is 0 Å². The Morgan fingerprint density at radius 3 is 2.86 bits per heavy atom. The molecule has 2 aliphatic heterocycles. The van der Waals surface area contributed by atoms with Crippen LogP contribution in [-0.2, 0) is 11.3 Å². The number of rotatable bonds is 9. The Kier molecular flexibility index (Phi) is 11.0. The van der Waals surface area contributed by atoms with Gasteiger partial charge in [0, 0.05) is 37.8 Å². The Balaban J connectivity index is 0.00000300. The van der Waals surface area contributed by atoms with Crippen molar-refractivity contribution in [1.82, 2.24) is 15.1 Å². The number of aliphatic imine (C=N–C) groups is 1. The van der Waals surface area contributed by atoms with Crippen LogP contribution in [0.1, 0.15) is 25.3 Å². The molecule has 2 heterocycles. The molecule has 8 heteroatoms. The van der Waals surface area contributed by atoms with Gasteiger partial charge in [-0.05, 0) is 32.0 Å². The third-order valence-electron chi connectivity index (χ3n) is 5.59. The average Bonchev–Trinajstić information content (AvgIpc) is 3.20. The Labute approximate surface area is 192 Å². The van der Waals surface area contributed by atoms with Gasteiger partial charge in [0.2, 0.25) is 0 Å². The van der Waals surface area contributed by atoms with E-state index in [2.05, 4.69) is 33.1 Å². The van der Waals surface area contributed by atoms with Gasteiger partial charge in [-0.15, -0.1) is 24.0 Å². The van der Waals surface area contributed by atoms with Crippen LogP contribution in [0.3, 0.4) is 0 Å². The van der Waals surface area contributed by atoms with Crippen LogP contribution in [0, 0.1) is 0 Å². The molecule has 0 aromatic heterocycles. The molecule has 1 unspecified atom stereocenters. The summed E-state index contributed by atoms with van der Waals surface area (Å²) in [6, 6.07) is 8.64. The second kappa shape index (κ2) is 13.3. The molecule has 0 saturated carbocycles. The molecule has 2 aliphatic rings. The number of nitrogens with two attached hydrogens (primary N) is 1. The Morgan fingerprint density at radius 2 is 2.07 bits per heavy atom. The third-order valence-corrected chi connectivity index (χ3v) is 5.59. The van der Waals surface area contributed by atoms with Crippen molar-refractivity contribution in [2.45, 2.75) is 32.4 Å². The average molecular weight is 517 g/mol. The summed E-state index contributed by atoms with van der Waals surface area (Å²) in [5.74, 6) is 1.39. The summed E-state index contributed by atoms with van der Waals surface area (Å²) in [7, 11) is 0. The van der Waals surface area contributed by atoms with Crippen LogP contribution in [0.5, 0.6) is 5.75 Å². The largest absolute Gasteiger partial charge is 0.492 e. The smallest absolute Gasteiger partial charge is 0.188 e. The van der Waals surface area contributed by atoms with Gasteiger partial charge in [0.15, 0.2) is 5.96 Å². The minimum Gasteiger partial charge on any atom is -0.492 e. The molecule has 0 spiro atoms. The van der Waals surface area contributed by atoms with Gasteiger partial charge in [0.1, 0.15) is 12.4 Å². The summed E-state index contributed by atoms with van der Waals surface area (Å²) in [5.41, 5.74) is 7.16. The van der Waals surface area contributed by atoms with Crippen molar-refractivity contribution in [3.05, 3.63) is 29.8 Å². The van der Waals surface area contributed by atoms with Gasteiger partial charge >= 0.3 is 0 Å². The van der Waals surface area contributed by atoms with Crippen LogP contribution < -0.4 is 15.8 Å². The van der Waals surface area contributed by atoms with Crippen molar-refractivity contribution in [2.24, 2.45) is 10.7 Å². The highest BCUT2D eigenvalue weighted by Crippen LogP contribution is 2.19. The second-order valence-corrected chi connectivity index (χ2v) is 7.42. The van der Waals surface area contributed by atoms with Crippen LogP contribution in [0.2, 0.25) is 0 Å². The quantitative estimate of drug-likeness (QED) is 0.296. The normalized spacial score (nSPS) is 21.0. The summed E-state index contributed by atoms with van der Waals surface area (Å²) in [5, 5.41) is 3.29. The fourth-order valence-electron chi connectivity index (χ4n) is 3.88. The molecular weight excluding hydrogens is 481 g/mol. The maximum Gasteiger partial charge on any atom is 0.188 e. The van der Waals surface area contributed by atoms with Crippen molar-refractivity contribution in [2.75, 3.05) is 59.1 Å². The highest BCUT2D eigenvalue weighted by Gasteiger charge is 2.22. The zero-order valence-electron chi connectivity index (χ0n) is 17.5. The van der Waals surface area contributed by atoms with E-state index in [9.17, 15) is 0 Å². The number of ether oxygens (including phenoxy) is 2. The lowest BCUT2D eigenvalue weighted by Gasteiger charge is -2.26. The zero-order chi connectivity index (χ0) is 19.6. The van der Waals surface area contributed by atoms with E-state index in [1.54, 1.807) is 0 Å². The number of hydrogen-bond donors (Lipinski definition) is 2. The van der Waals surface area contributed by atoms with Crippen LogP contribution in [-0.4, -0.2) is 80.9 Å². The number of hydrogen-bond acceptors (Lipinski definition) is 5. The summed E-state index contributed by atoms with van der Waals surface area (Å²) < 4.78 is 11.4. The van der Waals surface area contributed by atoms with E-state index in [4.69, 9.17) is 15.2 Å². The maximum absolute atomic E-state index is 6.10. The highest BCUT2D eigenvalue weighted by atomic mass is 127. The lowest BCUT2D eigenvalue weighted by Crippen LogP contribution is -2.42. The van der Waals surface area contributed by atoms with Crippen molar-refractivity contribution in [3.8, 4) is 5.75 Å². The molecule has 0 amide bonds.